The first-order chi connectivity index (χ1) is 13.7. The van der Waals surface area contributed by atoms with E-state index in [0.717, 1.165) is 62.9 Å². The minimum absolute atomic E-state index is 0.0363. The Morgan fingerprint density at radius 1 is 1.00 bits per heavy atom. The van der Waals surface area contributed by atoms with Gasteiger partial charge >= 0.3 is 6.03 Å². The van der Waals surface area contributed by atoms with Gasteiger partial charge in [-0.25, -0.2) is 9.48 Å². The topological polar surface area (TPSA) is 67.2 Å². The third kappa shape index (κ3) is 4.76. The molecule has 2 amide bonds. The summed E-state index contributed by atoms with van der Waals surface area (Å²) in [6, 6.07) is 2.26. The Labute approximate surface area is 167 Å². The van der Waals surface area contributed by atoms with Gasteiger partial charge in [-0.2, -0.15) is 5.10 Å². The van der Waals surface area contributed by atoms with Crippen LogP contribution < -0.4 is 10.9 Å². The molecule has 6 nitrogen and oxygen atoms in total. The summed E-state index contributed by atoms with van der Waals surface area (Å²) < 4.78 is 1.68. The smallest absolute Gasteiger partial charge is 0.317 e. The SMILES string of the molecule is O=C(NC1CCCCCC1)N1CCC(Cn2nc3c(cc2=O)CCCC3)CC1. The van der Waals surface area contributed by atoms with E-state index < -0.39 is 0 Å². The molecule has 0 atom stereocenters. The van der Waals surface area contributed by atoms with Crippen LogP contribution in [0.15, 0.2) is 10.9 Å². The number of nitrogens with one attached hydrogen (secondary N) is 1. The van der Waals surface area contributed by atoms with Crippen molar-refractivity contribution in [3.05, 3.63) is 27.7 Å². The molecular weight excluding hydrogens is 352 g/mol. The fourth-order valence-electron chi connectivity index (χ4n) is 4.98. The molecule has 0 radical (unpaired) electrons. The molecule has 2 heterocycles. The quantitative estimate of drug-likeness (QED) is 0.811. The molecular formula is C22H34N4O2. The molecule has 1 aromatic rings. The van der Waals surface area contributed by atoms with Crippen LogP contribution in [0.2, 0.25) is 0 Å². The number of aryl methyl sites for hydroxylation is 2. The van der Waals surface area contributed by atoms with Gasteiger partial charge in [0.05, 0.1) is 5.69 Å². The Morgan fingerprint density at radius 3 is 2.46 bits per heavy atom. The van der Waals surface area contributed by atoms with Gasteiger partial charge in [0.2, 0.25) is 0 Å². The summed E-state index contributed by atoms with van der Waals surface area (Å²) in [6.45, 7) is 2.25. The minimum Gasteiger partial charge on any atom is -0.335 e. The Morgan fingerprint density at radius 2 is 1.71 bits per heavy atom. The molecule has 0 unspecified atom stereocenters. The molecule has 0 spiro atoms. The van der Waals surface area contributed by atoms with Crippen molar-refractivity contribution in [1.82, 2.24) is 20.0 Å². The number of likely N-dealkylation sites (tertiary alicyclic amines) is 1. The van der Waals surface area contributed by atoms with Gasteiger partial charge < -0.3 is 10.2 Å². The third-order valence-electron chi connectivity index (χ3n) is 6.79. The van der Waals surface area contributed by atoms with Crippen molar-refractivity contribution < 1.29 is 4.79 Å². The minimum atomic E-state index is 0.0363. The van der Waals surface area contributed by atoms with Crippen molar-refractivity contribution in [3.8, 4) is 0 Å². The molecule has 4 rings (SSSR count). The molecule has 2 aliphatic carbocycles. The normalized spacial score (nSPS) is 21.8. The van der Waals surface area contributed by atoms with Crippen LogP contribution in [-0.4, -0.2) is 39.8 Å². The Kier molecular flexibility index (Phi) is 6.33. The second kappa shape index (κ2) is 9.10. The van der Waals surface area contributed by atoms with E-state index in [-0.39, 0.29) is 11.6 Å². The van der Waals surface area contributed by atoms with E-state index in [2.05, 4.69) is 10.4 Å². The fourth-order valence-corrected chi connectivity index (χ4v) is 4.98. The van der Waals surface area contributed by atoms with E-state index >= 15 is 0 Å². The summed E-state index contributed by atoms with van der Waals surface area (Å²) in [6.07, 6.45) is 13.5. The highest BCUT2D eigenvalue weighted by molar-refractivity contribution is 5.74. The van der Waals surface area contributed by atoms with E-state index in [1.807, 2.05) is 4.90 Å². The zero-order valence-electron chi connectivity index (χ0n) is 17.0. The largest absolute Gasteiger partial charge is 0.335 e. The number of aromatic nitrogens is 2. The van der Waals surface area contributed by atoms with Crippen molar-refractivity contribution in [2.24, 2.45) is 5.92 Å². The number of hydrogen-bond donors (Lipinski definition) is 1. The van der Waals surface area contributed by atoms with E-state index in [1.54, 1.807) is 10.7 Å². The molecule has 0 aromatic carbocycles. The van der Waals surface area contributed by atoms with Crippen LogP contribution in [0.25, 0.3) is 0 Å². The zero-order chi connectivity index (χ0) is 19.3. The van der Waals surface area contributed by atoms with E-state index in [0.29, 0.717) is 18.5 Å². The first kappa shape index (κ1) is 19.5. The number of amides is 2. The van der Waals surface area contributed by atoms with Crippen molar-refractivity contribution in [1.29, 1.82) is 0 Å². The number of urea groups is 1. The Bertz CT molecular complexity index is 729. The van der Waals surface area contributed by atoms with E-state index in [4.69, 9.17) is 0 Å². The van der Waals surface area contributed by atoms with Crippen LogP contribution in [0, 0.1) is 5.92 Å². The number of nitrogens with zero attached hydrogens (tertiary/aromatic N) is 3. The van der Waals surface area contributed by atoms with Crippen molar-refractivity contribution in [2.45, 2.75) is 89.6 Å². The summed E-state index contributed by atoms with van der Waals surface area (Å²) in [7, 11) is 0. The lowest BCUT2D eigenvalue weighted by Gasteiger charge is -2.33. The highest BCUT2D eigenvalue weighted by Gasteiger charge is 2.25. The average molecular weight is 387 g/mol. The van der Waals surface area contributed by atoms with Gasteiger partial charge in [-0.05, 0) is 62.8 Å². The second-order valence-corrected chi connectivity index (χ2v) is 8.91. The van der Waals surface area contributed by atoms with Crippen molar-refractivity contribution in [3.63, 3.8) is 0 Å². The van der Waals surface area contributed by atoms with Gasteiger partial charge in [-0.1, -0.05) is 25.7 Å². The van der Waals surface area contributed by atoms with E-state index in [9.17, 15) is 9.59 Å². The predicted octanol–water partition coefficient (Wildman–Crippen LogP) is 3.27. The molecule has 3 aliphatic rings. The standard InChI is InChI=1S/C22H34N4O2/c27-21-15-18-7-5-6-10-20(18)24-26(21)16-17-11-13-25(14-12-17)22(28)23-19-8-3-1-2-4-9-19/h15,17,19H,1-14,16H2,(H,23,28). The first-order valence-electron chi connectivity index (χ1n) is 11.3. The number of rotatable bonds is 3. The van der Waals surface area contributed by atoms with Crippen LogP contribution >= 0.6 is 0 Å². The molecule has 154 valence electrons. The molecule has 2 fully saturated rings. The number of piperidine rings is 1. The summed E-state index contributed by atoms with van der Waals surface area (Å²) in [5, 5.41) is 7.91. The highest BCUT2D eigenvalue weighted by atomic mass is 16.2. The number of hydrogen-bond acceptors (Lipinski definition) is 3. The maximum atomic E-state index is 12.6. The third-order valence-corrected chi connectivity index (χ3v) is 6.79. The monoisotopic (exact) mass is 386 g/mol. The van der Waals surface area contributed by atoms with E-state index in [1.165, 1.54) is 38.5 Å². The van der Waals surface area contributed by atoms with Gasteiger partial charge in [-0.3, -0.25) is 4.79 Å². The predicted molar refractivity (Wildman–Crippen MR) is 109 cm³/mol. The van der Waals surface area contributed by atoms with Crippen LogP contribution in [-0.2, 0) is 19.4 Å². The first-order valence-corrected chi connectivity index (χ1v) is 11.3. The van der Waals surface area contributed by atoms with Crippen LogP contribution in [0.3, 0.4) is 0 Å². The van der Waals surface area contributed by atoms with Crippen molar-refractivity contribution in [2.75, 3.05) is 13.1 Å². The summed E-state index contributed by atoms with van der Waals surface area (Å²) in [5.74, 6) is 0.425. The highest BCUT2D eigenvalue weighted by Crippen LogP contribution is 2.22. The molecule has 0 bridgehead atoms. The molecule has 1 saturated carbocycles. The molecule has 1 aromatic heterocycles. The van der Waals surface area contributed by atoms with Gasteiger partial charge in [0, 0.05) is 31.7 Å². The number of fused-ring (bicyclic) bond motifs is 1. The maximum absolute atomic E-state index is 12.6. The lowest BCUT2D eigenvalue weighted by molar-refractivity contribution is 0.159. The number of carbonyl (C=O) groups is 1. The lowest BCUT2D eigenvalue weighted by Crippen LogP contribution is -2.48. The summed E-state index contributed by atoms with van der Waals surface area (Å²) in [5.41, 5.74) is 2.30. The number of carbonyl (C=O) groups excluding carboxylic acids is 1. The molecule has 6 heteroatoms. The van der Waals surface area contributed by atoms with Crippen LogP contribution in [0.4, 0.5) is 4.79 Å². The zero-order valence-corrected chi connectivity index (χ0v) is 17.0. The second-order valence-electron chi connectivity index (χ2n) is 8.91. The van der Waals surface area contributed by atoms with Crippen molar-refractivity contribution >= 4 is 6.03 Å². The van der Waals surface area contributed by atoms with Crippen LogP contribution in [0.5, 0.6) is 0 Å². The Hall–Kier alpha value is -1.85. The molecule has 1 saturated heterocycles. The molecule has 28 heavy (non-hydrogen) atoms. The van der Waals surface area contributed by atoms with Gasteiger partial charge in [0.1, 0.15) is 0 Å². The van der Waals surface area contributed by atoms with Gasteiger partial charge in [0.25, 0.3) is 5.56 Å². The lowest BCUT2D eigenvalue weighted by atomic mass is 9.96. The molecule has 1 N–H and O–H groups in total. The molecule has 1 aliphatic heterocycles. The fraction of sp³-hybridized carbons (Fsp3) is 0.773. The van der Waals surface area contributed by atoms with Gasteiger partial charge in [-0.15, -0.1) is 0 Å². The van der Waals surface area contributed by atoms with Gasteiger partial charge in [0.15, 0.2) is 0 Å². The Balaban J connectivity index is 1.28. The maximum Gasteiger partial charge on any atom is 0.317 e. The summed E-state index contributed by atoms with van der Waals surface area (Å²) >= 11 is 0. The van der Waals surface area contributed by atoms with Crippen LogP contribution in [0.1, 0.15) is 75.5 Å². The summed E-state index contributed by atoms with van der Waals surface area (Å²) in [4.78, 5) is 27.0. The average Bonchev–Trinajstić information content (AvgIpc) is 2.98.